The molecule has 0 saturated heterocycles. The van der Waals surface area contributed by atoms with Crippen molar-refractivity contribution in [1.29, 1.82) is 0 Å². The van der Waals surface area contributed by atoms with E-state index in [4.69, 9.17) is 11.6 Å². The number of carbonyl (C=O) groups excluding carboxylic acids is 1. The molecule has 0 atom stereocenters. The van der Waals surface area contributed by atoms with Gasteiger partial charge in [-0.2, -0.15) is 0 Å². The molecule has 3 nitrogen and oxygen atoms in total. The van der Waals surface area contributed by atoms with Gasteiger partial charge in [0.25, 0.3) is 0 Å². The lowest BCUT2D eigenvalue weighted by molar-refractivity contribution is 0.101. The smallest absolute Gasteiger partial charge is 0.161 e. The number of hydrogen-bond acceptors (Lipinski definition) is 2. The van der Waals surface area contributed by atoms with Crippen molar-refractivity contribution in [2.75, 3.05) is 0 Å². The summed E-state index contributed by atoms with van der Waals surface area (Å²) in [7, 11) is 0. The summed E-state index contributed by atoms with van der Waals surface area (Å²) in [6, 6.07) is 3.55. The number of aromatic amines is 1. The average molecular weight is 235 g/mol. The van der Waals surface area contributed by atoms with Crippen molar-refractivity contribution in [3.63, 3.8) is 0 Å². The van der Waals surface area contributed by atoms with Gasteiger partial charge in [-0.1, -0.05) is 11.6 Å². The summed E-state index contributed by atoms with van der Waals surface area (Å²) in [6.45, 7) is 1.52. The molecule has 0 aliphatic heterocycles. The third-order valence-corrected chi connectivity index (χ3v) is 3.25. The summed E-state index contributed by atoms with van der Waals surface area (Å²) in [5, 5.41) is 0.492. The van der Waals surface area contributed by atoms with Gasteiger partial charge in [-0.25, -0.2) is 4.98 Å². The summed E-state index contributed by atoms with van der Waals surface area (Å²) in [5.74, 6) is 1.57. The first-order chi connectivity index (χ1) is 7.65. The Hall–Kier alpha value is -1.35. The van der Waals surface area contributed by atoms with Crippen LogP contribution >= 0.6 is 11.6 Å². The average Bonchev–Trinajstić information content (AvgIpc) is 2.98. The van der Waals surface area contributed by atoms with Gasteiger partial charge in [0.1, 0.15) is 5.82 Å². The van der Waals surface area contributed by atoms with E-state index in [1.165, 1.54) is 19.8 Å². The van der Waals surface area contributed by atoms with Crippen LogP contribution in [0.25, 0.3) is 11.0 Å². The third kappa shape index (κ3) is 1.52. The van der Waals surface area contributed by atoms with E-state index in [1.807, 2.05) is 0 Å². The molecule has 2 aromatic rings. The van der Waals surface area contributed by atoms with E-state index in [1.54, 1.807) is 12.1 Å². The Labute approximate surface area is 97.8 Å². The molecule has 4 heteroatoms. The van der Waals surface area contributed by atoms with E-state index in [-0.39, 0.29) is 5.78 Å². The second-order valence-electron chi connectivity index (χ2n) is 4.30. The van der Waals surface area contributed by atoms with Crippen LogP contribution in [0, 0.1) is 0 Å². The van der Waals surface area contributed by atoms with Crippen molar-refractivity contribution in [3.05, 3.63) is 28.5 Å². The Morgan fingerprint density at radius 3 is 2.88 bits per heavy atom. The highest BCUT2D eigenvalue weighted by atomic mass is 35.5. The van der Waals surface area contributed by atoms with E-state index in [2.05, 4.69) is 9.97 Å². The predicted molar refractivity (Wildman–Crippen MR) is 63.1 cm³/mol. The molecule has 1 saturated carbocycles. The van der Waals surface area contributed by atoms with Crippen molar-refractivity contribution < 1.29 is 4.79 Å². The molecule has 1 fully saturated rings. The number of hydrogen-bond donors (Lipinski definition) is 1. The molecule has 1 aromatic heterocycles. The number of fused-ring (bicyclic) bond motifs is 1. The van der Waals surface area contributed by atoms with Gasteiger partial charge in [0, 0.05) is 11.5 Å². The fourth-order valence-corrected chi connectivity index (χ4v) is 2.17. The molecule has 0 unspecified atom stereocenters. The van der Waals surface area contributed by atoms with Gasteiger partial charge < -0.3 is 4.98 Å². The molecule has 0 amide bonds. The number of imidazole rings is 1. The van der Waals surface area contributed by atoms with Crippen molar-refractivity contribution >= 4 is 28.4 Å². The maximum Gasteiger partial charge on any atom is 0.161 e. The first kappa shape index (κ1) is 9.85. The molecule has 1 aliphatic carbocycles. The maximum atomic E-state index is 11.3. The van der Waals surface area contributed by atoms with Crippen LogP contribution in [-0.2, 0) is 0 Å². The summed E-state index contributed by atoms with van der Waals surface area (Å²) < 4.78 is 0. The lowest BCUT2D eigenvalue weighted by Crippen LogP contribution is -1.92. The SMILES string of the molecule is CC(=O)c1cc2nc(C3CC3)[nH]c2cc1Cl. The number of aromatic nitrogens is 2. The van der Waals surface area contributed by atoms with Crippen molar-refractivity contribution in [1.82, 2.24) is 9.97 Å². The van der Waals surface area contributed by atoms with E-state index in [0.29, 0.717) is 16.5 Å². The number of benzene rings is 1. The Kier molecular flexibility index (Phi) is 2.04. The first-order valence-electron chi connectivity index (χ1n) is 5.35. The summed E-state index contributed by atoms with van der Waals surface area (Å²) in [4.78, 5) is 19.1. The van der Waals surface area contributed by atoms with Crippen LogP contribution in [0.5, 0.6) is 0 Å². The lowest BCUT2D eigenvalue weighted by atomic mass is 10.1. The van der Waals surface area contributed by atoms with Gasteiger partial charge in [0.05, 0.1) is 16.1 Å². The maximum absolute atomic E-state index is 11.3. The number of rotatable bonds is 2. The van der Waals surface area contributed by atoms with Gasteiger partial charge >= 0.3 is 0 Å². The molecule has 1 N–H and O–H groups in total. The van der Waals surface area contributed by atoms with Gasteiger partial charge in [0.15, 0.2) is 5.78 Å². The molecular weight excluding hydrogens is 224 g/mol. The van der Waals surface area contributed by atoms with Gasteiger partial charge in [-0.15, -0.1) is 0 Å². The number of ketones is 1. The number of nitrogens with one attached hydrogen (secondary N) is 1. The van der Waals surface area contributed by atoms with Crippen molar-refractivity contribution in [2.24, 2.45) is 0 Å². The predicted octanol–water partition coefficient (Wildman–Crippen LogP) is 3.30. The van der Waals surface area contributed by atoms with Crippen LogP contribution in [0.1, 0.15) is 41.9 Å². The molecule has 0 bridgehead atoms. The molecule has 0 spiro atoms. The minimum absolute atomic E-state index is 0.0251. The first-order valence-corrected chi connectivity index (χ1v) is 5.73. The number of H-pyrrole nitrogens is 1. The number of carbonyl (C=O) groups is 1. The molecule has 1 heterocycles. The standard InChI is InChI=1S/C12H11ClN2O/c1-6(16)8-4-10-11(5-9(8)13)15-12(14-10)7-2-3-7/h4-5,7H,2-3H2,1H3,(H,14,15). The molecule has 3 rings (SSSR count). The molecule has 82 valence electrons. The Balaban J connectivity index is 2.19. The molecule has 1 aromatic carbocycles. The topological polar surface area (TPSA) is 45.8 Å². The molecular formula is C12H11ClN2O. The van der Waals surface area contributed by atoms with E-state index in [9.17, 15) is 4.79 Å². The second kappa shape index (κ2) is 3.32. The van der Waals surface area contributed by atoms with Crippen LogP contribution in [0.15, 0.2) is 12.1 Å². The Morgan fingerprint density at radius 1 is 1.50 bits per heavy atom. The van der Waals surface area contributed by atoms with Gasteiger partial charge in [-0.3, -0.25) is 4.79 Å². The fraction of sp³-hybridized carbons (Fsp3) is 0.333. The molecule has 1 aliphatic rings. The van der Waals surface area contributed by atoms with Crippen LogP contribution in [-0.4, -0.2) is 15.8 Å². The zero-order valence-corrected chi connectivity index (χ0v) is 9.64. The van der Waals surface area contributed by atoms with Gasteiger partial charge in [-0.05, 0) is 31.9 Å². The third-order valence-electron chi connectivity index (χ3n) is 2.93. The summed E-state index contributed by atoms with van der Waals surface area (Å²) >= 11 is 6.03. The van der Waals surface area contributed by atoms with Crippen LogP contribution < -0.4 is 0 Å². The number of Topliss-reactive ketones (excluding diaryl/α,β-unsaturated/α-hetero) is 1. The highest BCUT2D eigenvalue weighted by Gasteiger charge is 2.27. The largest absolute Gasteiger partial charge is 0.342 e. The Bertz CT molecular complexity index is 584. The van der Waals surface area contributed by atoms with Crippen molar-refractivity contribution in [3.8, 4) is 0 Å². The number of nitrogens with zero attached hydrogens (tertiary/aromatic N) is 1. The highest BCUT2D eigenvalue weighted by molar-refractivity contribution is 6.34. The van der Waals surface area contributed by atoms with Crippen molar-refractivity contribution in [2.45, 2.75) is 25.7 Å². The zero-order chi connectivity index (χ0) is 11.3. The quantitative estimate of drug-likeness (QED) is 0.811. The monoisotopic (exact) mass is 234 g/mol. The fourth-order valence-electron chi connectivity index (χ4n) is 1.87. The van der Waals surface area contributed by atoms with Crippen LogP contribution in [0.3, 0.4) is 0 Å². The summed E-state index contributed by atoms with van der Waals surface area (Å²) in [5.41, 5.74) is 2.29. The second-order valence-corrected chi connectivity index (χ2v) is 4.71. The van der Waals surface area contributed by atoms with E-state index >= 15 is 0 Å². The summed E-state index contributed by atoms with van der Waals surface area (Å²) in [6.07, 6.45) is 2.40. The van der Waals surface area contributed by atoms with Crippen LogP contribution in [0.4, 0.5) is 0 Å². The van der Waals surface area contributed by atoms with Crippen LogP contribution in [0.2, 0.25) is 5.02 Å². The lowest BCUT2D eigenvalue weighted by Gasteiger charge is -1.98. The highest BCUT2D eigenvalue weighted by Crippen LogP contribution is 2.39. The Morgan fingerprint density at radius 2 is 2.25 bits per heavy atom. The minimum atomic E-state index is -0.0251. The normalized spacial score (nSPS) is 15.6. The minimum Gasteiger partial charge on any atom is -0.342 e. The van der Waals surface area contributed by atoms with Gasteiger partial charge in [0.2, 0.25) is 0 Å². The molecule has 0 radical (unpaired) electrons. The van der Waals surface area contributed by atoms with E-state index < -0.39 is 0 Å². The zero-order valence-electron chi connectivity index (χ0n) is 8.88. The van der Waals surface area contributed by atoms with E-state index in [0.717, 1.165) is 16.9 Å². The number of halogens is 1. The molecule has 16 heavy (non-hydrogen) atoms.